The van der Waals surface area contributed by atoms with Crippen LogP contribution in [0.2, 0.25) is 13.1 Å². The Morgan fingerprint density at radius 2 is 1.43 bits per heavy atom. The highest BCUT2D eigenvalue weighted by molar-refractivity contribution is 6.69. The van der Waals surface area contributed by atoms with Crippen molar-refractivity contribution < 1.29 is 0 Å². The van der Waals surface area contributed by atoms with Crippen molar-refractivity contribution in [1.29, 1.82) is 0 Å². The normalized spacial score (nSPS) is 12.9. The van der Waals surface area contributed by atoms with Crippen molar-refractivity contribution in [2.75, 3.05) is 0 Å². The fraction of sp³-hybridized carbons (Fsp3) is 1.00. The topological polar surface area (TPSA) is 0 Å². The first-order valence-corrected chi connectivity index (χ1v) is 5.90. The van der Waals surface area contributed by atoms with Crippen molar-refractivity contribution >= 4 is 20.4 Å². The second-order valence-electron chi connectivity index (χ2n) is 2.72. The van der Waals surface area contributed by atoms with Crippen molar-refractivity contribution in [3.05, 3.63) is 0 Å². The van der Waals surface area contributed by atoms with Crippen LogP contribution in [0.25, 0.3) is 0 Å². The van der Waals surface area contributed by atoms with E-state index in [1.807, 2.05) is 0 Å². The molecule has 0 amide bonds. The van der Waals surface area contributed by atoms with Crippen LogP contribution in [0, 0.1) is 0 Å². The molecule has 0 heterocycles. The number of hydrogen-bond donors (Lipinski definition) is 0. The lowest BCUT2D eigenvalue weighted by atomic mass is 10.5. The van der Waals surface area contributed by atoms with Crippen LogP contribution in [0.4, 0.5) is 0 Å². The van der Waals surface area contributed by atoms with Crippen LogP contribution < -0.4 is 0 Å². The Hall–Kier alpha value is 0.507. The molecule has 0 aliphatic heterocycles. The highest BCUT2D eigenvalue weighted by Gasteiger charge is 2.18. The van der Waals surface area contributed by atoms with Crippen LogP contribution in [0.15, 0.2) is 0 Å². The molecule has 0 bridgehead atoms. The summed E-state index contributed by atoms with van der Waals surface area (Å²) in [5.41, 5.74) is 0. The minimum absolute atomic E-state index is 0.111. The fourth-order valence-corrected chi connectivity index (χ4v) is 0. The summed E-state index contributed by atoms with van der Waals surface area (Å²) < 4.78 is 0.111. The Bertz CT molecular complexity index is 53.6. The highest BCUT2D eigenvalue weighted by Crippen LogP contribution is 2.15. The summed E-state index contributed by atoms with van der Waals surface area (Å²) in [7, 11) is -0.593. The van der Waals surface area contributed by atoms with E-state index in [1.165, 1.54) is 0 Å². The Kier molecular flexibility index (Phi) is 2.34. The molecule has 0 aromatic rings. The van der Waals surface area contributed by atoms with E-state index < -0.39 is 8.80 Å². The second kappa shape index (κ2) is 2.18. The van der Waals surface area contributed by atoms with E-state index in [4.69, 9.17) is 11.6 Å². The van der Waals surface area contributed by atoms with Crippen LogP contribution >= 0.6 is 11.6 Å². The van der Waals surface area contributed by atoms with Gasteiger partial charge in [0.1, 0.15) is 0 Å². The van der Waals surface area contributed by atoms with E-state index in [0.717, 1.165) is 0 Å². The van der Waals surface area contributed by atoms with Gasteiger partial charge < -0.3 is 0 Å². The van der Waals surface area contributed by atoms with Crippen molar-refractivity contribution in [3.8, 4) is 0 Å². The van der Waals surface area contributed by atoms with E-state index >= 15 is 0 Å². The molecule has 0 nitrogen and oxygen atoms in total. The van der Waals surface area contributed by atoms with Gasteiger partial charge in [-0.25, -0.2) is 0 Å². The van der Waals surface area contributed by atoms with Crippen LogP contribution in [0.5, 0.6) is 0 Å². The maximum atomic E-state index is 5.93. The standard InChI is InChI=1S/C5H13ClSi/c1-5(2,6)7(3)4/h7H,1-4H3. The number of hydrogen-bond acceptors (Lipinski definition) is 0. The summed E-state index contributed by atoms with van der Waals surface area (Å²) >= 11 is 5.93. The van der Waals surface area contributed by atoms with Gasteiger partial charge in [-0.3, -0.25) is 0 Å². The predicted octanol–water partition coefficient (Wildman–Crippen LogP) is 2.03. The van der Waals surface area contributed by atoms with E-state index in [1.54, 1.807) is 0 Å². The van der Waals surface area contributed by atoms with Gasteiger partial charge in [0.05, 0.1) is 8.80 Å². The SMILES string of the molecule is C[SiH](C)C(C)(C)Cl. The third-order valence-electron chi connectivity index (χ3n) is 1.37. The fourth-order valence-electron chi connectivity index (χ4n) is 0. The molecule has 7 heavy (non-hydrogen) atoms. The van der Waals surface area contributed by atoms with Gasteiger partial charge in [-0.2, -0.15) is 0 Å². The average Bonchev–Trinajstić information content (AvgIpc) is 1.31. The quantitative estimate of drug-likeness (QED) is 0.382. The Balaban J connectivity index is 3.54. The van der Waals surface area contributed by atoms with Crippen molar-refractivity contribution in [3.63, 3.8) is 0 Å². The third-order valence-corrected chi connectivity index (χ3v) is 5.43. The zero-order valence-corrected chi connectivity index (χ0v) is 7.37. The Labute approximate surface area is 52.5 Å². The molecule has 0 radical (unpaired) electrons. The minimum Gasteiger partial charge on any atom is -0.124 e. The molecule has 0 aromatic heterocycles. The summed E-state index contributed by atoms with van der Waals surface area (Å²) in [4.78, 5) is 0. The van der Waals surface area contributed by atoms with E-state index in [0.29, 0.717) is 0 Å². The van der Waals surface area contributed by atoms with E-state index in [9.17, 15) is 0 Å². The van der Waals surface area contributed by atoms with Crippen LogP contribution in [-0.4, -0.2) is 13.3 Å². The lowest BCUT2D eigenvalue weighted by Crippen LogP contribution is -2.28. The molecule has 0 atom stereocenters. The van der Waals surface area contributed by atoms with Gasteiger partial charge in [0.15, 0.2) is 0 Å². The second-order valence-corrected chi connectivity index (χ2v) is 7.81. The minimum atomic E-state index is -0.593. The molecule has 0 aliphatic rings. The summed E-state index contributed by atoms with van der Waals surface area (Å²) in [6, 6.07) is 0. The van der Waals surface area contributed by atoms with Gasteiger partial charge in [-0.05, 0) is 13.8 Å². The van der Waals surface area contributed by atoms with Crippen molar-refractivity contribution in [1.82, 2.24) is 0 Å². The maximum absolute atomic E-state index is 5.93. The molecular weight excluding hydrogens is 124 g/mol. The van der Waals surface area contributed by atoms with Crippen LogP contribution in [-0.2, 0) is 0 Å². The molecule has 0 aliphatic carbocycles. The third kappa shape index (κ3) is 3.12. The molecule has 0 unspecified atom stereocenters. The smallest absolute Gasteiger partial charge is 0.0550 e. The lowest BCUT2D eigenvalue weighted by Gasteiger charge is -2.18. The molecule has 44 valence electrons. The average molecular weight is 137 g/mol. The van der Waals surface area contributed by atoms with Gasteiger partial charge in [0, 0.05) is 4.50 Å². The first-order valence-electron chi connectivity index (χ1n) is 2.63. The molecule has 0 spiro atoms. The lowest BCUT2D eigenvalue weighted by molar-refractivity contribution is 0.959. The largest absolute Gasteiger partial charge is 0.124 e. The van der Waals surface area contributed by atoms with Gasteiger partial charge in [-0.1, -0.05) is 13.1 Å². The Morgan fingerprint density at radius 1 is 1.29 bits per heavy atom. The molecule has 0 saturated carbocycles. The van der Waals surface area contributed by atoms with Gasteiger partial charge >= 0.3 is 0 Å². The van der Waals surface area contributed by atoms with Crippen molar-refractivity contribution in [2.24, 2.45) is 0 Å². The molecule has 0 N–H and O–H groups in total. The van der Waals surface area contributed by atoms with Crippen LogP contribution in [0.1, 0.15) is 13.8 Å². The highest BCUT2D eigenvalue weighted by atomic mass is 35.5. The van der Waals surface area contributed by atoms with Crippen molar-refractivity contribution in [2.45, 2.75) is 31.4 Å². The van der Waals surface area contributed by atoms with Gasteiger partial charge in [0.25, 0.3) is 0 Å². The molecular formula is C5H13ClSi. The zero-order chi connectivity index (χ0) is 6.08. The summed E-state index contributed by atoms with van der Waals surface area (Å²) in [5, 5.41) is 0. The summed E-state index contributed by atoms with van der Waals surface area (Å²) in [6.07, 6.45) is 0. The molecule has 0 saturated heterocycles. The molecule has 0 fully saturated rings. The maximum Gasteiger partial charge on any atom is 0.0550 e. The van der Waals surface area contributed by atoms with E-state index in [2.05, 4.69) is 26.9 Å². The Morgan fingerprint density at radius 3 is 1.43 bits per heavy atom. The molecule has 2 heteroatoms. The molecule has 0 rings (SSSR count). The summed E-state index contributed by atoms with van der Waals surface area (Å²) in [6.45, 7) is 8.69. The predicted molar refractivity (Wildman–Crippen MR) is 38.8 cm³/mol. The summed E-state index contributed by atoms with van der Waals surface area (Å²) in [5.74, 6) is 0. The van der Waals surface area contributed by atoms with Gasteiger partial charge in [-0.15, -0.1) is 11.6 Å². The monoisotopic (exact) mass is 136 g/mol. The first kappa shape index (κ1) is 7.51. The molecule has 0 aromatic carbocycles. The van der Waals surface area contributed by atoms with Crippen LogP contribution in [0.3, 0.4) is 0 Å². The van der Waals surface area contributed by atoms with E-state index in [-0.39, 0.29) is 4.50 Å². The number of rotatable bonds is 1. The zero-order valence-electron chi connectivity index (χ0n) is 5.46. The first-order chi connectivity index (χ1) is 2.94. The number of alkyl halides is 1. The van der Waals surface area contributed by atoms with Gasteiger partial charge in [0.2, 0.25) is 0 Å². The number of halogens is 1.